The zero-order valence-corrected chi connectivity index (χ0v) is 15.8. The van der Waals surface area contributed by atoms with Crippen molar-refractivity contribution in [1.82, 2.24) is 8.61 Å². The molecule has 0 aromatic carbocycles. The molecule has 0 saturated heterocycles. The Labute approximate surface area is 136 Å². The van der Waals surface area contributed by atoms with Gasteiger partial charge in [0.25, 0.3) is 0 Å². The predicted molar refractivity (Wildman–Crippen MR) is 98.0 cm³/mol. The minimum Gasteiger partial charge on any atom is -0.240 e. The summed E-state index contributed by atoms with van der Waals surface area (Å²) in [7, 11) is 3.97. The second-order valence-corrected chi connectivity index (χ2v) is 7.65. The van der Waals surface area contributed by atoms with Crippen LogP contribution in [0.4, 0.5) is 0 Å². The number of nitrogens with zero attached hydrogens (tertiary/aromatic N) is 2. The summed E-state index contributed by atoms with van der Waals surface area (Å²) in [6, 6.07) is 0. The molecule has 0 aliphatic rings. The Kier molecular flexibility index (Phi) is 16.5. The second kappa shape index (κ2) is 16.0. The highest BCUT2D eigenvalue weighted by molar-refractivity contribution is 8.74. The molecule has 0 atom stereocenters. The first-order chi connectivity index (χ1) is 9.78. The Balaban J connectivity index is 4.05. The van der Waals surface area contributed by atoms with E-state index < -0.39 is 0 Å². The first-order valence-corrected chi connectivity index (χ1v) is 10.7. The smallest absolute Gasteiger partial charge is 0.00975 e. The van der Waals surface area contributed by atoms with E-state index >= 15 is 0 Å². The lowest BCUT2D eigenvalue weighted by Gasteiger charge is -2.25. The van der Waals surface area contributed by atoms with Gasteiger partial charge < -0.3 is 0 Å². The minimum absolute atomic E-state index is 1.24. The van der Waals surface area contributed by atoms with Crippen LogP contribution in [0.3, 0.4) is 0 Å². The molecule has 0 unspecified atom stereocenters. The molecule has 0 radical (unpaired) electrons. The first-order valence-electron chi connectivity index (χ1n) is 8.63. The largest absolute Gasteiger partial charge is 0.240 e. The molecule has 0 amide bonds. The van der Waals surface area contributed by atoms with Gasteiger partial charge in [-0.05, 0) is 25.7 Å². The van der Waals surface area contributed by atoms with Gasteiger partial charge >= 0.3 is 0 Å². The number of unbranched alkanes of at least 4 members (excludes halogenated alkanes) is 4. The van der Waals surface area contributed by atoms with Crippen molar-refractivity contribution in [3.05, 3.63) is 0 Å². The van der Waals surface area contributed by atoms with E-state index in [1.54, 1.807) is 0 Å². The number of hydrogen-bond acceptors (Lipinski definition) is 4. The molecule has 0 spiro atoms. The first kappa shape index (κ1) is 20.6. The molecule has 0 aromatic rings. The van der Waals surface area contributed by atoms with Crippen LogP contribution in [0.25, 0.3) is 0 Å². The topological polar surface area (TPSA) is 6.48 Å². The van der Waals surface area contributed by atoms with Crippen LogP contribution >= 0.6 is 22.0 Å². The molecular formula is C16H36N2S2. The molecule has 0 aromatic heterocycles. The van der Waals surface area contributed by atoms with Gasteiger partial charge in [-0.15, -0.1) is 0 Å². The molecule has 0 rings (SSSR count). The van der Waals surface area contributed by atoms with Crippen LogP contribution in [0.1, 0.15) is 79.1 Å². The van der Waals surface area contributed by atoms with Crippen LogP contribution in [-0.2, 0) is 0 Å². The van der Waals surface area contributed by atoms with Crippen molar-refractivity contribution in [1.29, 1.82) is 0 Å². The molecule has 0 aliphatic carbocycles. The van der Waals surface area contributed by atoms with E-state index in [0.717, 1.165) is 0 Å². The third-order valence-electron chi connectivity index (χ3n) is 3.29. The van der Waals surface area contributed by atoms with E-state index in [-0.39, 0.29) is 0 Å². The fraction of sp³-hybridized carbons (Fsp3) is 1.00. The van der Waals surface area contributed by atoms with Gasteiger partial charge in [-0.3, -0.25) is 0 Å². The Morgan fingerprint density at radius 1 is 0.500 bits per heavy atom. The standard InChI is InChI=1S/C16H36N2S2/c1-5-9-13-17(14-10-6-2)19-20-18(15-11-7-3)16-12-8-4/h5-16H2,1-4H3. The van der Waals surface area contributed by atoms with Crippen molar-refractivity contribution in [2.45, 2.75) is 79.1 Å². The average molecular weight is 321 g/mol. The molecule has 2 nitrogen and oxygen atoms in total. The van der Waals surface area contributed by atoms with E-state index in [4.69, 9.17) is 0 Å². The summed E-state index contributed by atoms with van der Waals surface area (Å²) in [5.74, 6) is 0. The zero-order chi connectivity index (χ0) is 15.1. The molecule has 4 heteroatoms. The fourth-order valence-corrected chi connectivity index (χ4v) is 4.27. The Hall–Kier alpha value is 0.620. The third-order valence-corrected chi connectivity index (χ3v) is 5.97. The molecule has 0 N–H and O–H groups in total. The van der Waals surface area contributed by atoms with Crippen molar-refractivity contribution in [3.8, 4) is 0 Å². The molecule has 0 fully saturated rings. The highest BCUT2D eigenvalue weighted by Gasteiger charge is 2.10. The van der Waals surface area contributed by atoms with Gasteiger partial charge in [0.2, 0.25) is 0 Å². The van der Waals surface area contributed by atoms with Crippen LogP contribution in [0.15, 0.2) is 0 Å². The Morgan fingerprint density at radius 3 is 0.950 bits per heavy atom. The third kappa shape index (κ3) is 12.4. The summed E-state index contributed by atoms with van der Waals surface area (Å²) in [6.45, 7) is 14.1. The zero-order valence-electron chi connectivity index (χ0n) is 14.2. The molecule has 0 bridgehead atoms. The van der Waals surface area contributed by atoms with Gasteiger partial charge in [0.1, 0.15) is 0 Å². The van der Waals surface area contributed by atoms with Crippen LogP contribution in [-0.4, -0.2) is 34.8 Å². The van der Waals surface area contributed by atoms with Crippen molar-refractivity contribution in [2.75, 3.05) is 26.2 Å². The number of hydrogen-bond donors (Lipinski definition) is 0. The summed E-state index contributed by atoms with van der Waals surface area (Å²) in [5.41, 5.74) is 0. The van der Waals surface area contributed by atoms with Crippen LogP contribution in [0.2, 0.25) is 0 Å². The van der Waals surface area contributed by atoms with Gasteiger partial charge in [-0.25, -0.2) is 8.61 Å². The SMILES string of the molecule is CCCCN(CCCC)SSN(CCCC)CCCC. The molecular weight excluding hydrogens is 284 g/mol. The van der Waals surface area contributed by atoms with Gasteiger partial charge in [0.05, 0.1) is 0 Å². The van der Waals surface area contributed by atoms with Crippen molar-refractivity contribution in [3.63, 3.8) is 0 Å². The maximum absolute atomic E-state index is 2.57. The van der Waals surface area contributed by atoms with Crippen molar-refractivity contribution < 1.29 is 0 Å². The Bertz CT molecular complexity index is 155. The van der Waals surface area contributed by atoms with Crippen molar-refractivity contribution in [2.24, 2.45) is 0 Å². The normalized spacial score (nSPS) is 11.7. The van der Waals surface area contributed by atoms with E-state index in [1.165, 1.54) is 77.5 Å². The summed E-state index contributed by atoms with van der Waals surface area (Å²) in [4.78, 5) is 0. The molecule has 122 valence electrons. The van der Waals surface area contributed by atoms with E-state index in [0.29, 0.717) is 0 Å². The van der Waals surface area contributed by atoms with Crippen LogP contribution in [0.5, 0.6) is 0 Å². The summed E-state index contributed by atoms with van der Waals surface area (Å²) in [6.07, 6.45) is 10.5. The quantitative estimate of drug-likeness (QED) is 0.269. The maximum atomic E-state index is 2.57. The molecule has 0 heterocycles. The minimum atomic E-state index is 1.24. The molecule has 20 heavy (non-hydrogen) atoms. The monoisotopic (exact) mass is 320 g/mol. The van der Waals surface area contributed by atoms with E-state index in [1.807, 2.05) is 22.0 Å². The molecule has 0 saturated carbocycles. The van der Waals surface area contributed by atoms with Crippen LogP contribution in [0, 0.1) is 0 Å². The maximum Gasteiger partial charge on any atom is 0.00975 e. The van der Waals surface area contributed by atoms with Gasteiger partial charge in [-0.2, -0.15) is 0 Å². The highest BCUT2D eigenvalue weighted by atomic mass is 33.1. The highest BCUT2D eigenvalue weighted by Crippen LogP contribution is 2.31. The fourth-order valence-electron chi connectivity index (χ4n) is 1.80. The number of rotatable bonds is 15. The predicted octanol–water partition coefficient (Wildman–Crippen LogP) is 6.00. The summed E-state index contributed by atoms with van der Waals surface area (Å²) in [5, 5.41) is 0. The van der Waals surface area contributed by atoms with Gasteiger partial charge in [-0.1, -0.05) is 53.4 Å². The molecule has 0 aliphatic heterocycles. The van der Waals surface area contributed by atoms with Crippen LogP contribution < -0.4 is 0 Å². The Morgan fingerprint density at radius 2 is 0.750 bits per heavy atom. The summed E-state index contributed by atoms with van der Waals surface area (Å²) >= 11 is 0. The van der Waals surface area contributed by atoms with Gasteiger partial charge in [0.15, 0.2) is 0 Å². The summed E-state index contributed by atoms with van der Waals surface area (Å²) < 4.78 is 5.14. The van der Waals surface area contributed by atoms with E-state index in [2.05, 4.69) is 36.3 Å². The van der Waals surface area contributed by atoms with Crippen molar-refractivity contribution >= 4 is 22.0 Å². The second-order valence-electron chi connectivity index (χ2n) is 5.42. The average Bonchev–Trinajstić information content (AvgIpc) is 2.48. The lowest BCUT2D eigenvalue weighted by atomic mass is 10.3. The lowest BCUT2D eigenvalue weighted by molar-refractivity contribution is 0.440. The lowest BCUT2D eigenvalue weighted by Crippen LogP contribution is -2.21. The van der Waals surface area contributed by atoms with E-state index in [9.17, 15) is 0 Å². The van der Waals surface area contributed by atoms with Gasteiger partial charge in [0, 0.05) is 48.1 Å².